The quantitative estimate of drug-likeness (QED) is 0.141. The van der Waals surface area contributed by atoms with E-state index >= 15 is 0 Å². The van der Waals surface area contributed by atoms with Gasteiger partial charge < -0.3 is 10.2 Å². The second-order valence-corrected chi connectivity index (χ2v) is 10.8. The first kappa shape index (κ1) is 32.4. The van der Waals surface area contributed by atoms with Gasteiger partial charge in [0.2, 0.25) is 10.8 Å². The molecule has 0 fully saturated rings. The van der Waals surface area contributed by atoms with E-state index in [4.69, 9.17) is 19.6 Å². The van der Waals surface area contributed by atoms with Crippen molar-refractivity contribution in [3.05, 3.63) is 59.7 Å². The number of hydrogen-bond acceptors (Lipinski definition) is 9. The molecule has 0 heterocycles. The van der Waals surface area contributed by atoms with Crippen LogP contribution in [0.2, 0.25) is 0 Å². The summed E-state index contributed by atoms with van der Waals surface area (Å²) < 4.78 is 0. The smallest absolute Gasteiger partial charge is 0.365 e. The molecule has 1 aliphatic carbocycles. The summed E-state index contributed by atoms with van der Waals surface area (Å²) in [5.74, 6) is -8.35. The minimum absolute atomic E-state index is 0.120. The number of allylic oxidation sites excluding steroid dienone is 2. The maximum atomic E-state index is 13.6. The highest BCUT2D eigenvalue weighted by atomic mass is 17.2. The predicted octanol–water partition coefficient (Wildman–Crippen LogP) is 4.61. The number of carboxylic acids is 2. The normalized spacial score (nSPS) is 16.0. The van der Waals surface area contributed by atoms with Crippen molar-refractivity contribution in [3.63, 3.8) is 0 Å². The molecular weight excluding hydrogens is 524 g/mol. The van der Waals surface area contributed by atoms with E-state index in [9.17, 15) is 34.2 Å². The molecule has 2 rings (SSSR count). The number of aliphatic carboxylic acids is 2. The largest absolute Gasteiger partial charge is 0.480 e. The molecule has 1 aromatic rings. The van der Waals surface area contributed by atoms with Gasteiger partial charge in [-0.25, -0.2) is 9.59 Å². The summed E-state index contributed by atoms with van der Waals surface area (Å²) in [4.78, 5) is 86.4. The molecule has 11 heteroatoms. The van der Waals surface area contributed by atoms with E-state index < -0.39 is 51.7 Å². The number of ketones is 1. The van der Waals surface area contributed by atoms with Crippen LogP contribution in [-0.2, 0) is 38.7 Å². The van der Waals surface area contributed by atoms with Gasteiger partial charge in [0, 0.05) is 11.1 Å². The third kappa shape index (κ3) is 6.48. The number of rotatable bonds is 14. The van der Waals surface area contributed by atoms with Crippen LogP contribution in [0, 0.1) is 10.8 Å². The second-order valence-electron chi connectivity index (χ2n) is 10.8. The number of carbonyl (C=O) groups is 5. The summed E-state index contributed by atoms with van der Waals surface area (Å²) in [6.45, 7) is 10.0. The molecule has 0 unspecified atom stereocenters. The Kier molecular flexibility index (Phi) is 10.2. The lowest BCUT2D eigenvalue weighted by atomic mass is 9.59. The predicted molar refractivity (Wildman–Crippen MR) is 140 cm³/mol. The van der Waals surface area contributed by atoms with Gasteiger partial charge in [-0.15, -0.1) is 0 Å². The zero-order valence-corrected chi connectivity index (χ0v) is 23.5. The Labute approximate surface area is 232 Å². The monoisotopic (exact) mass is 560 g/mol. The molecule has 0 aromatic heterocycles. The minimum atomic E-state index is -3.38. The average molecular weight is 561 g/mol. The van der Waals surface area contributed by atoms with Gasteiger partial charge in [-0.3, -0.25) is 24.2 Å². The molecule has 0 radical (unpaired) electrons. The number of carbonyl (C=O) groups excluding carboxylic acids is 3. The van der Waals surface area contributed by atoms with E-state index in [1.807, 2.05) is 13.8 Å². The molecule has 218 valence electrons. The van der Waals surface area contributed by atoms with Crippen LogP contribution in [0.5, 0.6) is 0 Å². The van der Waals surface area contributed by atoms with Crippen LogP contribution in [0.1, 0.15) is 77.6 Å². The van der Waals surface area contributed by atoms with Gasteiger partial charge in [0.25, 0.3) is 0 Å². The van der Waals surface area contributed by atoms with Gasteiger partial charge in [-0.1, -0.05) is 69.2 Å². The van der Waals surface area contributed by atoms with E-state index in [0.29, 0.717) is 37.8 Å². The van der Waals surface area contributed by atoms with Crippen LogP contribution in [0.3, 0.4) is 0 Å². The first-order valence-electron chi connectivity index (χ1n) is 12.9. The Hall–Kier alpha value is -3.83. The Morgan fingerprint density at radius 2 is 1.20 bits per heavy atom. The molecule has 0 amide bonds. The zero-order chi connectivity index (χ0) is 30.4. The fraction of sp³-hybridized carbons (Fsp3) is 0.483. The van der Waals surface area contributed by atoms with Crippen LogP contribution < -0.4 is 0 Å². The van der Waals surface area contributed by atoms with Gasteiger partial charge in [-0.05, 0) is 46.6 Å². The Bertz CT molecular complexity index is 1140. The van der Waals surface area contributed by atoms with Crippen molar-refractivity contribution in [2.24, 2.45) is 10.8 Å². The van der Waals surface area contributed by atoms with Crippen molar-refractivity contribution < 1.29 is 53.7 Å². The summed E-state index contributed by atoms with van der Waals surface area (Å²) >= 11 is 0. The van der Waals surface area contributed by atoms with Crippen molar-refractivity contribution in [2.45, 2.75) is 78.4 Å². The fourth-order valence-electron chi connectivity index (χ4n) is 4.45. The van der Waals surface area contributed by atoms with E-state index in [-0.39, 0.29) is 11.1 Å². The molecule has 1 aromatic carbocycles. The number of hydrogen-bond donors (Lipinski definition) is 2. The van der Waals surface area contributed by atoms with E-state index in [2.05, 4.69) is 0 Å². The number of carboxylic acid groups (broad SMARTS) is 2. The maximum Gasteiger partial charge on any atom is 0.365 e. The summed E-state index contributed by atoms with van der Waals surface area (Å²) in [6, 6.07) is 7.66. The lowest BCUT2D eigenvalue weighted by Crippen LogP contribution is -2.61. The van der Waals surface area contributed by atoms with Crippen LogP contribution >= 0.6 is 0 Å². The summed E-state index contributed by atoms with van der Waals surface area (Å²) in [6.07, 6.45) is 4.27. The molecule has 40 heavy (non-hydrogen) atoms. The topological polar surface area (TPSA) is 163 Å². The second kappa shape index (κ2) is 12.6. The standard InChI is InChI=1S/C29H36O11/c1-7-15-26(3,4)39-37-24(35)28(25(36)38-40-27(5,6)16-8-2)17-14-20(18-29(28,22(31)32)23(33)34)21(30)19-12-10-9-11-13-19/h9-14,17-18H,7-8,15-16H2,1-6H3,(H,31,32)(H,33,34). The third-order valence-corrected chi connectivity index (χ3v) is 6.51. The first-order chi connectivity index (χ1) is 18.6. The van der Waals surface area contributed by atoms with Crippen LogP contribution in [0.15, 0.2) is 54.1 Å². The van der Waals surface area contributed by atoms with Gasteiger partial charge in [-0.2, -0.15) is 9.78 Å². The van der Waals surface area contributed by atoms with Gasteiger partial charge >= 0.3 is 23.9 Å². The van der Waals surface area contributed by atoms with Crippen molar-refractivity contribution in [1.29, 1.82) is 0 Å². The zero-order valence-electron chi connectivity index (χ0n) is 23.5. The molecule has 11 nitrogen and oxygen atoms in total. The molecular formula is C29H36O11. The lowest BCUT2D eigenvalue weighted by molar-refractivity contribution is -0.345. The van der Waals surface area contributed by atoms with E-state index in [1.165, 1.54) is 12.1 Å². The van der Waals surface area contributed by atoms with Crippen molar-refractivity contribution in [2.75, 3.05) is 0 Å². The Balaban J connectivity index is 2.73. The Morgan fingerprint density at radius 1 is 0.750 bits per heavy atom. The molecule has 0 atom stereocenters. The average Bonchev–Trinajstić information content (AvgIpc) is 2.89. The van der Waals surface area contributed by atoms with E-state index in [0.717, 1.165) is 6.08 Å². The minimum Gasteiger partial charge on any atom is -0.480 e. The van der Waals surface area contributed by atoms with Gasteiger partial charge in [0.15, 0.2) is 5.78 Å². The number of benzene rings is 1. The third-order valence-electron chi connectivity index (χ3n) is 6.51. The molecule has 0 bridgehead atoms. The first-order valence-corrected chi connectivity index (χ1v) is 12.9. The fourth-order valence-corrected chi connectivity index (χ4v) is 4.45. The highest BCUT2D eigenvalue weighted by Crippen LogP contribution is 2.49. The molecule has 0 saturated heterocycles. The van der Waals surface area contributed by atoms with Crippen LogP contribution in [0.4, 0.5) is 0 Å². The maximum absolute atomic E-state index is 13.6. The number of Topliss-reactive ketones (excluding diaryl/α,β-unsaturated/α-hetero) is 1. The molecule has 1 aliphatic rings. The van der Waals surface area contributed by atoms with Gasteiger partial charge in [0.1, 0.15) is 11.2 Å². The van der Waals surface area contributed by atoms with Crippen LogP contribution in [-0.4, -0.2) is 51.1 Å². The van der Waals surface area contributed by atoms with Crippen molar-refractivity contribution >= 4 is 29.7 Å². The van der Waals surface area contributed by atoms with Gasteiger partial charge in [0.05, 0.1) is 0 Å². The van der Waals surface area contributed by atoms with Crippen LogP contribution in [0.25, 0.3) is 0 Å². The molecule has 0 saturated carbocycles. The summed E-state index contributed by atoms with van der Waals surface area (Å²) in [7, 11) is 0. The SMILES string of the molecule is CCCC(C)(C)OOC(=O)C1(C(=O)OOC(C)(C)CCC)C=CC(C(=O)c2ccccc2)=CC1(C(=O)O)C(=O)O. The molecule has 0 aliphatic heterocycles. The highest BCUT2D eigenvalue weighted by Gasteiger charge is 2.73. The summed E-state index contributed by atoms with van der Waals surface area (Å²) in [5.41, 5.74) is -8.96. The van der Waals surface area contributed by atoms with Crippen molar-refractivity contribution in [3.8, 4) is 0 Å². The van der Waals surface area contributed by atoms with E-state index in [1.54, 1.807) is 45.9 Å². The summed E-state index contributed by atoms with van der Waals surface area (Å²) in [5, 5.41) is 20.6. The Morgan fingerprint density at radius 3 is 1.60 bits per heavy atom. The highest BCUT2D eigenvalue weighted by molar-refractivity contribution is 6.20. The molecule has 2 N–H and O–H groups in total. The lowest BCUT2D eigenvalue weighted by Gasteiger charge is -2.39. The van der Waals surface area contributed by atoms with Crippen molar-refractivity contribution in [1.82, 2.24) is 0 Å². The molecule has 0 spiro atoms.